The summed E-state index contributed by atoms with van der Waals surface area (Å²) in [6.45, 7) is -0.250. The molecule has 0 radical (unpaired) electrons. The van der Waals surface area contributed by atoms with Crippen molar-refractivity contribution in [2.24, 2.45) is 0 Å². The number of aliphatic carboxylic acids is 1. The lowest BCUT2D eigenvalue weighted by Crippen LogP contribution is -1.88. The molecule has 0 fully saturated rings. The number of nitrogens with zero attached hydrogens (tertiary/aromatic N) is 1. The van der Waals surface area contributed by atoms with E-state index in [1.165, 1.54) is 6.07 Å². The highest BCUT2D eigenvalue weighted by atomic mass is 16.4. The number of carboxylic acids is 1. The highest BCUT2D eigenvalue weighted by Crippen LogP contribution is 1.68. The van der Waals surface area contributed by atoms with Crippen LogP contribution < -0.4 is 12.3 Å². The van der Waals surface area contributed by atoms with Gasteiger partial charge in [0.05, 0.1) is 6.07 Å². The van der Waals surface area contributed by atoms with E-state index < -0.39 is 12.4 Å². The molecular weight excluding hydrogens is 154 g/mol. The van der Waals surface area contributed by atoms with Gasteiger partial charge >= 0.3 is 5.97 Å². The van der Waals surface area contributed by atoms with Crippen LogP contribution in [0.3, 0.4) is 0 Å². The number of rotatable bonds is 1. The number of carboxylic acid groups (broad SMARTS) is 2. The molecule has 0 rings (SSSR count). The normalized spacial score (nSPS) is 4.64. The third kappa shape index (κ3) is 185. The van der Waals surface area contributed by atoms with Gasteiger partial charge in [0.15, 0.2) is 0 Å². The molecule has 0 aliphatic carbocycles. The molecule has 0 heterocycles. The van der Waals surface area contributed by atoms with Crippen molar-refractivity contribution in [2.45, 2.75) is 6.42 Å². The van der Waals surface area contributed by atoms with E-state index in [1.54, 1.807) is 0 Å². The van der Waals surface area contributed by atoms with Crippen molar-refractivity contribution in [2.75, 3.05) is 0 Å². The minimum Gasteiger partial charge on any atom is -0.483 e. The van der Waals surface area contributed by atoms with Crippen molar-refractivity contribution in [3.63, 3.8) is 0 Å². The second kappa shape index (κ2) is 23.8. The molecule has 0 aromatic rings. The zero-order valence-corrected chi connectivity index (χ0v) is 5.86. The Morgan fingerprint density at radius 3 is 1.82 bits per heavy atom. The standard InChI is InChI=1S/C3H3NO2.CH2O2.2H3N/c4-2-1-3(5)6;2-1-3;;/h1H2,(H,5,6);1H,(H,2,3);2*1H3. The van der Waals surface area contributed by atoms with Gasteiger partial charge in [0.25, 0.3) is 6.47 Å². The van der Waals surface area contributed by atoms with Gasteiger partial charge < -0.3 is 22.5 Å². The van der Waals surface area contributed by atoms with E-state index in [0.717, 1.165) is 0 Å². The topological polar surface area (TPSA) is 168 Å². The Balaban J connectivity index is -0.0000000437. The Morgan fingerprint density at radius 2 is 1.82 bits per heavy atom. The first kappa shape index (κ1) is 22.8. The van der Waals surface area contributed by atoms with Gasteiger partial charge in [0, 0.05) is 0 Å². The van der Waals surface area contributed by atoms with Crippen LogP contribution >= 0.6 is 0 Å². The summed E-state index contributed by atoms with van der Waals surface area (Å²) in [5.41, 5.74) is 0. The molecule has 7 heteroatoms. The lowest BCUT2D eigenvalue weighted by molar-refractivity contribution is -0.135. The smallest absolute Gasteiger partial charge is 0.317 e. The molecule has 0 unspecified atom stereocenters. The lowest BCUT2D eigenvalue weighted by Gasteiger charge is -1.70. The Hall–Kier alpha value is -1.65. The monoisotopic (exact) mass is 165 g/mol. The molecule has 0 saturated heterocycles. The van der Waals surface area contributed by atoms with Crippen LogP contribution in [0.15, 0.2) is 0 Å². The van der Waals surface area contributed by atoms with Crippen molar-refractivity contribution >= 4 is 12.4 Å². The predicted octanol–water partition coefficient (Wildman–Crippen LogP) is 0.00948. The third-order valence-corrected chi connectivity index (χ3v) is 0.230. The molecule has 11 heavy (non-hydrogen) atoms. The molecule has 8 N–H and O–H groups in total. The molecule has 0 saturated carbocycles. The summed E-state index contributed by atoms with van der Waals surface area (Å²) in [6.07, 6.45) is -0.403. The fourth-order valence-electron chi connectivity index (χ4n) is 0.0676. The van der Waals surface area contributed by atoms with Gasteiger partial charge in [-0.2, -0.15) is 5.26 Å². The molecular formula is C4H11N3O4. The van der Waals surface area contributed by atoms with Gasteiger partial charge in [-0.1, -0.05) is 0 Å². The van der Waals surface area contributed by atoms with Gasteiger partial charge in [0.2, 0.25) is 0 Å². The maximum absolute atomic E-state index is 9.38. The molecule has 0 aromatic carbocycles. The largest absolute Gasteiger partial charge is 0.483 e. The van der Waals surface area contributed by atoms with Crippen LogP contribution in [0.4, 0.5) is 0 Å². The second-order valence-corrected chi connectivity index (χ2v) is 0.834. The minimum absolute atomic E-state index is 0. The Bertz CT molecular complexity index is 130. The fraction of sp³-hybridized carbons (Fsp3) is 0.250. The zero-order valence-electron chi connectivity index (χ0n) is 5.86. The fourth-order valence-corrected chi connectivity index (χ4v) is 0.0676. The van der Waals surface area contributed by atoms with Gasteiger partial charge in [-0.05, 0) is 0 Å². The van der Waals surface area contributed by atoms with E-state index in [0.29, 0.717) is 0 Å². The van der Waals surface area contributed by atoms with E-state index in [4.69, 9.17) is 20.3 Å². The first-order chi connectivity index (χ1) is 4.18. The maximum Gasteiger partial charge on any atom is 0.317 e. The highest BCUT2D eigenvalue weighted by molar-refractivity contribution is 5.69. The van der Waals surface area contributed by atoms with E-state index in [9.17, 15) is 4.79 Å². The average Bonchev–Trinajstić information content (AvgIpc) is 1.67. The van der Waals surface area contributed by atoms with Crippen molar-refractivity contribution in [1.82, 2.24) is 12.3 Å². The predicted molar refractivity (Wildman–Crippen MR) is 36.6 cm³/mol. The van der Waals surface area contributed by atoms with Crippen LogP contribution in [0.1, 0.15) is 6.42 Å². The van der Waals surface area contributed by atoms with E-state index >= 15 is 0 Å². The minimum atomic E-state index is -1.07. The Kier molecular flexibility index (Phi) is 49.4. The first-order valence-corrected chi connectivity index (χ1v) is 1.85. The first-order valence-electron chi connectivity index (χ1n) is 1.85. The van der Waals surface area contributed by atoms with Gasteiger partial charge in [-0.15, -0.1) is 0 Å². The Labute approximate surface area is 63.4 Å². The van der Waals surface area contributed by atoms with E-state index in [2.05, 4.69) is 0 Å². The number of hydrogen-bond acceptors (Lipinski definition) is 5. The summed E-state index contributed by atoms with van der Waals surface area (Å²) < 4.78 is 0. The quantitative estimate of drug-likeness (QED) is 0.396. The van der Waals surface area contributed by atoms with E-state index in [-0.39, 0.29) is 18.8 Å². The van der Waals surface area contributed by atoms with Crippen LogP contribution in [0.25, 0.3) is 0 Å². The molecule has 66 valence electrons. The zero-order chi connectivity index (χ0) is 7.70. The van der Waals surface area contributed by atoms with Gasteiger partial charge in [-0.25, -0.2) is 0 Å². The van der Waals surface area contributed by atoms with Crippen molar-refractivity contribution in [3.8, 4) is 6.07 Å². The Morgan fingerprint density at radius 1 is 1.55 bits per heavy atom. The van der Waals surface area contributed by atoms with Gasteiger partial charge in [-0.3, -0.25) is 9.59 Å². The van der Waals surface area contributed by atoms with Crippen LogP contribution in [0.5, 0.6) is 0 Å². The summed E-state index contributed by atoms with van der Waals surface area (Å²) in [4.78, 5) is 17.7. The van der Waals surface area contributed by atoms with Crippen LogP contribution in [0.2, 0.25) is 0 Å². The molecule has 7 nitrogen and oxygen atoms in total. The molecule has 0 aliphatic rings. The number of hydrogen-bond donors (Lipinski definition) is 4. The molecule has 0 aliphatic heterocycles. The third-order valence-electron chi connectivity index (χ3n) is 0.230. The molecule has 0 spiro atoms. The highest BCUT2D eigenvalue weighted by Gasteiger charge is 1.87. The average molecular weight is 165 g/mol. The number of carbonyl (C=O) groups is 2. The summed E-state index contributed by atoms with van der Waals surface area (Å²) in [5.74, 6) is -1.07. The van der Waals surface area contributed by atoms with Crippen LogP contribution in [-0.2, 0) is 9.59 Å². The van der Waals surface area contributed by atoms with Crippen LogP contribution in [-0.4, -0.2) is 22.7 Å². The number of nitriles is 1. The molecule has 0 aromatic heterocycles. The van der Waals surface area contributed by atoms with Crippen molar-refractivity contribution in [3.05, 3.63) is 0 Å². The van der Waals surface area contributed by atoms with E-state index in [1.807, 2.05) is 0 Å². The van der Waals surface area contributed by atoms with Crippen molar-refractivity contribution in [1.29, 1.82) is 5.26 Å². The summed E-state index contributed by atoms with van der Waals surface area (Å²) >= 11 is 0. The summed E-state index contributed by atoms with van der Waals surface area (Å²) in [7, 11) is 0. The molecule has 0 bridgehead atoms. The maximum atomic E-state index is 9.38. The van der Waals surface area contributed by atoms with Gasteiger partial charge in [0.1, 0.15) is 6.42 Å². The van der Waals surface area contributed by atoms with Crippen LogP contribution in [0, 0.1) is 11.3 Å². The molecule has 0 atom stereocenters. The summed E-state index contributed by atoms with van der Waals surface area (Å²) in [5, 5.41) is 22.2. The second-order valence-electron chi connectivity index (χ2n) is 0.834. The van der Waals surface area contributed by atoms with Crippen molar-refractivity contribution < 1.29 is 19.8 Å². The summed E-state index contributed by atoms with van der Waals surface area (Å²) in [6, 6.07) is 1.47. The SMILES string of the molecule is N.N.N#CCC(=O)O.O=CO. The lowest BCUT2D eigenvalue weighted by atomic mass is 10.5. The molecule has 0 amide bonds.